The molecule has 7 nitrogen and oxygen atoms in total. The van der Waals surface area contributed by atoms with Crippen molar-refractivity contribution >= 4 is 33.6 Å². The lowest BCUT2D eigenvalue weighted by Crippen LogP contribution is -2.13. The van der Waals surface area contributed by atoms with E-state index < -0.39 is 5.91 Å². The van der Waals surface area contributed by atoms with Gasteiger partial charge in [-0.15, -0.1) is 0 Å². The van der Waals surface area contributed by atoms with Gasteiger partial charge >= 0.3 is 0 Å². The number of rotatable bonds is 7. The Morgan fingerprint density at radius 1 is 1.15 bits per heavy atom. The number of ether oxygens (including phenoxy) is 4. The molecule has 0 radical (unpaired) electrons. The molecule has 0 aromatic heterocycles. The third-order valence-corrected chi connectivity index (χ3v) is 5.65. The van der Waals surface area contributed by atoms with Gasteiger partial charge in [0.25, 0.3) is 5.91 Å². The molecule has 0 aliphatic carbocycles. The number of methoxy groups -OCH3 is 1. The van der Waals surface area contributed by atoms with E-state index in [1.807, 2.05) is 43.3 Å². The number of nitrogens with one attached hydrogen (secondary N) is 1. The minimum Gasteiger partial charge on any atom is -0.493 e. The van der Waals surface area contributed by atoms with Crippen LogP contribution in [0.3, 0.4) is 0 Å². The summed E-state index contributed by atoms with van der Waals surface area (Å²) >= 11 is 3.51. The van der Waals surface area contributed by atoms with E-state index >= 15 is 0 Å². The normalized spacial score (nSPS) is 12.1. The lowest BCUT2D eigenvalue weighted by atomic mass is 10.1. The average molecular weight is 521 g/mol. The number of aryl methyl sites for hydroxylation is 1. The second kappa shape index (κ2) is 10.3. The first-order valence-electron chi connectivity index (χ1n) is 10.4. The highest BCUT2D eigenvalue weighted by atomic mass is 79.9. The zero-order valence-corrected chi connectivity index (χ0v) is 20.1. The van der Waals surface area contributed by atoms with E-state index in [4.69, 9.17) is 18.9 Å². The van der Waals surface area contributed by atoms with E-state index in [0.717, 1.165) is 11.1 Å². The maximum Gasteiger partial charge on any atom is 0.266 e. The van der Waals surface area contributed by atoms with Crippen molar-refractivity contribution in [1.82, 2.24) is 0 Å². The number of hydrogen-bond donors (Lipinski definition) is 1. The predicted octanol–water partition coefficient (Wildman–Crippen LogP) is 5.62. The number of carbonyl (C=O) groups is 1. The fourth-order valence-electron chi connectivity index (χ4n) is 3.30. The first kappa shape index (κ1) is 23.2. The van der Waals surface area contributed by atoms with Crippen LogP contribution in [0.15, 0.2) is 64.6 Å². The Morgan fingerprint density at radius 2 is 1.91 bits per heavy atom. The molecule has 3 aromatic rings. The van der Waals surface area contributed by atoms with Crippen LogP contribution >= 0.6 is 15.9 Å². The van der Waals surface area contributed by atoms with Gasteiger partial charge in [0.2, 0.25) is 6.79 Å². The van der Waals surface area contributed by atoms with E-state index in [1.54, 1.807) is 24.3 Å². The number of hydrogen-bond acceptors (Lipinski definition) is 6. The standard InChI is InChI=1S/C26H21BrN2O5/c1-16-3-6-20(7-4-16)29-26(30)19(13-28)9-18-10-21(27)25(24(12-18)31-2)32-14-17-5-8-22-23(11-17)34-15-33-22/h3-12H,14-15H2,1-2H3,(H,29,30)/b19-9-. The number of carbonyl (C=O) groups excluding carboxylic acids is 1. The molecule has 172 valence electrons. The molecule has 0 fully saturated rings. The molecule has 1 aliphatic rings. The summed E-state index contributed by atoms with van der Waals surface area (Å²) in [7, 11) is 1.53. The number of amides is 1. The Morgan fingerprint density at radius 3 is 2.65 bits per heavy atom. The summed E-state index contributed by atoms with van der Waals surface area (Å²) in [5.74, 6) is 1.85. The number of nitriles is 1. The number of halogens is 1. The van der Waals surface area contributed by atoms with Gasteiger partial charge in [-0.1, -0.05) is 23.8 Å². The van der Waals surface area contributed by atoms with Crippen LogP contribution in [0.4, 0.5) is 5.69 Å². The van der Waals surface area contributed by atoms with Crippen LogP contribution in [0.1, 0.15) is 16.7 Å². The summed E-state index contributed by atoms with van der Waals surface area (Å²) in [6, 6.07) is 18.4. The second-order valence-corrected chi connectivity index (χ2v) is 8.35. The van der Waals surface area contributed by atoms with Gasteiger partial charge in [0, 0.05) is 5.69 Å². The molecule has 1 heterocycles. The van der Waals surface area contributed by atoms with E-state index in [-0.39, 0.29) is 19.0 Å². The summed E-state index contributed by atoms with van der Waals surface area (Å²) < 4.78 is 22.9. The average Bonchev–Trinajstić information content (AvgIpc) is 3.31. The summed E-state index contributed by atoms with van der Waals surface area (Å²) in [5, 5.41) is 12.3. The molecule has 34 heavy (non-hydrogen) atoms. The van der Waals surface area contributed by atoms with Crippen LogP contribution in [-0.2, 0) is 11.4 Å². The number of benzene rings is 3. The van der Waals surface area contributed by atoms with Gasteiger partial charge in [-0.05, 0) is 76.5 Å². The molecule has 4 rings (SSSR count). The van der Waals surface area contributed by atoms with Crippen molar-refractivity contribution in [2.24, 2.45) is 0 Å². The van der Waals surface area contributed by atoms with E-state index in [0.29, 0.717) is 38.7 Å². The van der Waals surface area contributed by atoms with Crippen molar-refractivity contribution < 1.29 is 23.7 Å². The highest BCUT2D eigenvalue weighted by Gasteiger charge is 2.16. The lowest BCUT2D eigenvalue weighted by molar-refractivity contribution is -0.112. The quantitative estimate of drug-likeness (QED) is 0.321. The third kappa shape index (κ3) is 5.33. The Hall–Kier alpha value is -3.96. The van der Waals surface area contributed by atoms with Gasteiger partial charge in [-0.25, -0.2) is 0 Å². The first-order valence-corrected chi connectivity index (χ1v) is 11.1. The van der Waals surface area contributed by atoms with Gasteiger partial charge in [-0.3, -0.25) is 4.79 Å². The van der Waals surface area contributed by atoms with Gasteiger partial charge in [0.05, 0.1) is 11.6 Å². The van der Waals surface area contributed by atoms with Crippen molar-refractivity contribution in [3.8, 4) is 29.1 Å². The number of fused-ring (bicyclic) bond motifs is 1. The van der Waals surface area contributed by atoms with Crippen LogP contribution in [-0.4, -0.2) is 19.8 Å². The van der Waals surface area contributed by atoms with Crippen LogP contribution in [0.5, 0.6) is 23.0 Å². The zero-order valence-electron chi connectivity index (χ0n) is 18.6. The Labute approximate surface area is 205 Å². The van der Waals surface area contributed by atoms with Crippen molar-refractivity contribution in [3.05, 3.63) is 81.3 Å². The molecule has 1 aliphatic heterocycles. The molecule has 3 aromatic carbocycles. The van der Waals surface area contributed by atoms with E-state index in [1.165, 1.54) is 13.2 Å². The SMILES string of the molecule is COc1cc(/C=C(/C#N)C(=O)Nc2ccc(C)cc2)cc(Br)c1OCc1ccc2c(c1)OCO2. The highest BCUT2D eigenvalue weighted by molar-refractivity contribution is 9.10. The zero-order chi connectivity index (χ0) is 24.1. The molecule has 0 atom stereocenters. The smallest absolute Gasteiger partial charge is 0.266 e. The third-order valence-electron chi connectivity index (χ3n) is 5.06. The Bertz CT molecular complexity index is 1300. The summed E-state index contributed by atoms with van der Waals surface area (Å²) in [6.45, 7) is 2.45. The molecule has 1 N–H and O–H groups in total. The van der Waals surface area contributed by atoms with Crippen LogP contribution < -0.4 is 24.3 Å². The first-order chi connectivity index (χ1) is 16.5. The van der Waals surface area contributed by atoms with E-state index in [9.17, 15) is 10.1 Å². The van der Waals surface area contributed by atoms with Crippen molar-refractivity contribution in [2.45, 2.75) is 13.5 Å². The molecule has 1 amide bonds. The lowest BCUT2D eigenvalue weighted by Gasteiger charge is -2.14. The minimum atomic E-state index is -0.496. The number of nitrogens with zero attached hydrogens (tertiary/aromatic N) is 1. The summed E-state index contributed by atoms with van der Waals surface area (Å²) in [6.07, 6.45) is 1.50. The Balaban J connectivity index is 1.51. The predicted molar refractivity (Wildman–Crippen MR) is 131 cm³/mol. The number of anilines is 1. The van der Waals surface area contributed by atoms with Crippen molar-refractivity contribution in [1.29, 1.82) is 5.26 Å². The summed E-state index contributed by atoms with van der Waals surface area (Å²) in [5.41, 5.74) is 3.16. The van der Waals surface area contributed by atoms with Gasteiger partial charge in [0.15, 0.2) is 23.0 Å². The maximum atomic E-state index is 12.6. The van der Waals surface area contributed by atoms with Crippen LogP contribution in [0.25, 0.3) is 6.08 Å². The van der Waals surface area contributed by atoms with Crippen LogP contribution in [0, 0.1) is 18.3 Å². The van der Waals surface area contributed by atoms with E-state index in [2.05, 4.69) is 21.2 Å². The highest BCUT2D eigenvalue weighted by Crippen LogP contribution is 2.38. The largest absolute Gasteiger partial charge is 0.493 e. The van der Waals surface area contributed by atoms with Crippen LogP contribution in [0.2, 0.25) is 0 Å². The molecule has 0 saturated carbocycles. The molecular weight excluding hydrogens is 500 g/mol. The van der Waals surface area contributed by atoms with Gasteiger partial charge < -0.3 is 24.3 Å². The van der Waals surface area contributed by atoms with Crippen molar-refractivity contribution in [3.63, 3.8) is 0 Å². The fourth-order valence-corrected chi connectivity index (χ4v) is 3.87. The molecule has 0 bridgehead atoms. The second-order valence-electron chi connectivity index (χ2n) is 7.50. The molecular formula is C26H21BrN2O5. The summed E-state index contributed by atoms with van der Waals surface area (Å²) in [4.78, 5) is 12.6. The molecule has 0 saturated heterocycles. The minimum absolute atomic E-state index is 0.0384. The molecule has 0 spiro atoms. The van der Waals surface area contributed by atoms with Gasteiger partial charge in [-0.2, -0.15) is 5.26 Å². The monoisotopic (exact) mass is 520 g/mol. The molecule has 0 unspecified atom stereocenters. The van der Waals surface area contributed by atoms with Gasteiger partial charge in [0.1, 0.15) is 18.2 Å². The molecule has 8 heteroatoms. The fraction of sp³-hybridized carbons (Fsp3) is 0.154. The topological polar surface area (TPSA) is 89.8 Å². The van der Waals surface area contributed by atoms with Crippen molar-refractivity contribution in [2.75, 3.05) is 19.2 Å². The Kier molecular flexibility index (Phi) is 7.04. The maximum absolute atomic E-state index is 12.6.